The number of hydrogen-bond acceptors (Lipinski definition) is 5. The zero-order valence-electron chi connectivity index (χ0n) is 18.6. The molecule has 0 unspecified atom stereocenters. The summed E-state index contributed by atoms with van der Waals surface area (Å²) in [6.07, 6.45) is 0. The van der Waals surface area contributed by atoms with E-state index in [1.165, 1.54) is 0 Å². The van der Waals surface area contributed by atoms with Gasteiger partial charge in [0.25, 0.3) is 0 Å². The summed E-state index contributed by atoms with van der Waals surface area (Å²) >= 11 is 0. The van der Waals surface area contributed by atoms with Crippen molar-refractivity contribution in [2.24, 2.45) is 0 Å². The molecule has 6 heteroatoms. The minimum Gasteiger partial charge on any atom is -0.374 e. The Bertz CT molecular complexity index is 653. The summed E-state index contributed by atoms with van der Waals surface area (Å²) in [6.45, 7) is 11.5. The highest BCUT2D eigenvalue weighted by Gasteiger charge is 2.33. The highest BCUT2D eigenvalue weighted by atomic mass is 28.4. The third-order valence-corrected chi connectivity index (χ3v) is 6.71. The minimum atomic E-state index is -2.43. The lowest BCUT2D eigenvalue weighted by Gasteiger charge is -2.31. The second-order valence-corrected chi connectivity index (χ2v) is 10.2. The van der Waals surface area contributed by atoms with Gasteiger partial charge in [0, 0.05) is 21.3 Å². The Morgan fingerprint density at radius 3 is 1.17 bits per heavy atom. The first kappa shape index (κ1) is 25.2. The zero-order valence-corrected chi connectivity index (χ0v) is 19.6. The van der Waals surface area contributed by atoms with E-state index in [1.54, 1.807) is 27.0 Å². The predicted molar refractivity (Wildman–Crippen MR) is 118 cm³/mol. The minimum absolute atomic E-state index is 0.493. The molecule has 0 heterocycles. The van der Waals surface area contributed by atoms with Gasteiger partial charge >= 0.3 is 8.80 Å². The first-order valence-electron chi connectivity index (χ1n) is 9.43. The van der Waals surface area contributed by atoms with Crippen LogP contribution in [0, 0.1) is 0 Å². The maximum Gasteiger partial charge on any atom is 0.528 e. The normalized spacial score (nSPS) is 12.1. The fraction of sp³-hybridized carbons (Fsp3) is 0.391. The molecule has 2 aromatic rings. The van der Waals surface area contributed by atoms with E-state index in [0.29, 0.717) is 0 Å². The summed E-state index contributed by atoms with van der Waals surface area (Å²) in [6, 6.07) is 20.2. The molecule has 0 N–H and O–H groups in total. The molecule has 2 aromatic carbocycles. The fourth-order valence-corrected chi connectivity index (χ4v) is 3.48. The Balaban J connectivity index is 0.000000396. The SMILES string of the molecule is C=C[Si](OC)(OC)OC.CC(C)(OOC(C)(C)c1ccccc1)c1ccccc1. The van der Waals surface area contributed by atoms with Gasteiger partial charge in [-0.3, -0.25) is 0 Å². The topological polar surface area (TPSA) is 46.2 Å². The summed E-state index contributed by atoms with van der Waals surface area (Å²) in [5.41, 5.74) is 2.76. The molecule has 0 radical (unpaired) electrons. The molecule has 0 atom stereocenters. The van der Waals surface area contributed by atoms with Gasteiger partial charge in [-0.25, -0.2) is 9.78 Å². The molecular weight excluding hydrogens is 384 g/mol. The van der Waals surface area contributed by atoms with Crippen molar-refractivity contribution in [2.75, 3.05) is 21.3 Å². The van der Waals surface area contributed by atoms with Crippen molar-refractivity contribution in [1.29, 1.82) is 0 Å². The van der Waals surface area contributed by atoms with Crippen molar-refractivity contribution in [1.82, 2.24) is 0 Å². The van der Waals surface area contributed by atoms with E-state index in [1.807, 2.05) is 88.4 Å². The van der Waals surface area contributed by atoms with E-state index in [-0.39, 0.29) is 0 Å². The van der Waals surface area contributed by atoms with E-state index >= 15 is 0 Å². The van der Waals surface area contributed by atoms with Gasteiger partial charge in [-0.2, -0.15) is 0 Å². The van der Waals surface area contributed by atoms with Gasteiger partial charge in [0.1, 0.15) is 11.2 Å². The largest absolute Gasteiger partial charge is 0.528 e. The lowest BCUT2D eigenvalue weighted by Crippen LogP contribution is -2.40. The second-order valence-electron chi connectivity index (χ2n) is 7.34. The molecule has 5 nitrogen and oxygen atoms in total. The van der Waals surface area contributed by atoms with Gasteiger partial charge in [-0.15, -0.1) is 0 Å². The van der Waals surface area contributed by atoms with Crippen molar-refractivity contribution in [3.05, 3.63) is 84.1 Å². The number of benzene rings is 2. The monoisotopic (exact) mass is 418 g/mol. The number of rotatable bonds is 9. The predicted octanol–water partition coefficient (Wildman–Crippen LogP) is 5.39. The van der Waals surface area contributed by atoms with Gasteiger partial charge in [0.05, 0.1) is 0 Å². The van der Waals surface area contributed by atoms with Crippen molar-refractivity contribution < 1.29 is 23.1 Å². The van der Waals surface area contributed by atoms with Crippen LogP contribution in [-0.4, -0.2) is 30.1 Å². The van der Waals surface area contributed by atoms with Crippen LogP contribution in [0.1, 0.15) is 38.8 Å². The molecule has 0 fully saturated rings. The third kappa shape index (κ3) is 7.51. The van der Waals surface area contributed by atoms with Gasteiger partial charge in [-0.05, 0) is 44.5 Å². The molecule has 0 bridgehead atoms. The Morgan fingerprint density at radius 2 is 0.966 bits per heavy atom. The fourth-order valence-electron chi connectivity index (χ4n) is 2.48. The van der Waals surface area contributed by atoms with Crippen LogP contribution in [-0.2, 0) is 34.3 Å². The Kier molecular flexibility index (Phi) is 9.92. The van der Waals surface area contributed by atoms with Gasteiger partial charge < -0.3 is 13.3 Å². The zero-order chi connectivity index (χ0) is 22.0. The van der Waals surface area contributed by atoms with Gasteiger partial charge in [0.15, 0.2) is 0 Å². The second kappa shape index (κ2) is 11.4. The quantitative estimate of drug-likeness (QED) is 0.310. The molecule has 0 aromatic heterocycles. The molecule has 0 saturated heterocycles. The summed E-state index contributed by atoms with van der Waals surface area (Å²) < 4.78 is 14.9. The highest BCUT2D eigenvalue weighted by molar-refractivity contribution is 6.66. The molecule has 0 amide bonds. The summed E-state index contributed by atoms with van der Waals surface area (Å²) in [4.78, 5) is 11.5. The van der Waals surface area contributed by atoms with E-state index in [0.717, 1.165) is 11.1 Å². The van der Waals surface area contributed by atoms with Crippen molar-refractivity contribution in [3.63, 3.8) is 0 Å². The van der Waals surface area contributed by atoms with Gasteiger partial charge in [-0.1, -0.05) is 67.2 Å². The first-order valence-corrected chi connectivity index (χ1v) is 11.2. The van der Waals surface area contributed by atoms with E-state index in [2.05, 4.69) is 6.58 Å². The van der Waals surface area contributed by atoms with Crippen LogP contribution in [0.15, 0.2) is 72.9 Å². The Labute approximate surface area is 176 Å². The van der Waals surface area contributed by atoms with Crippen LogP contribution >= 0.6 is 0 Å². The first-order chi connectivity index (χ1) is 13.7. The standard InChI is InChI=1S/C18H22O2.C5H12O3Si/c1-17(2,15-11-7-5-8-12-15)19-20-18(3,4)16-13-9-6-10-14-16;1-5-9(6-2,7-3)8-4/h5-14H,1-4H3;5H,1H2,2-4H3. The molecule has 0 spiro atoms. The maximum absolute atomic E-state index is 5.73. The van der Waals surface area contributed by atoms with Crippen LogP contribution in [0.3, 0.4) is 0 Å². The van der Waals surface area contributed by atoms with E-state index < -0.39 is 20.0 Å². The molecule has 2 rings (SSSR count). The van der Waals surface area contributed by atoms with Crippen LogP contribution in [0.5, 0.6) is 0 Å². The summed E-state index contributed by atoms with van der Waals surface area (Å²) in [5.74, 6) is 0. The van der Waals surface area contributed by atoms with E-state index in [4.69, 9.17) is 23.1 Å². The summed E-state index contributed by atoms with van der Waals surface area (Å²) in [5, 5.41) is 0. The molecule has 29 heavy (non-hydrogen) atoms. The van der Waals surface area contributed by atoms with Crippen molar-refractivity contribution in [2.45, 2.75) is 38.9 Å². The molecule has 0 aliphatic heterocycles. The highest BCUT2D eigenvalue weighted by Crippen LogP contribution is 2.31. The van der Waals surface area contributed by atoms with E-state index in [9.17, 15) is 0 Å². The molecule has 0 aliphatic rings. The van der Waals surface area contributed by atoms with Crippen molar-refractivity contribution in [3.8, 4) is 0 Å². The lowest BCUT2D eigenvalue weighted by atomic mass is 9.98. The lowest BCUT2D eigenvalue weighted by molar-refractivity contribution is -0.410. The summed E-state index contributed by atoms with van der Waals surface area (Å²) in [7, 11) is 2.20. The van der Waals surface area contributed by atoms with Crippen LogP contribution in [0.25, 0.3) is 0 Å². The van der Waals surface area contributed by atoms with Crippen molar-refractivity contribution >= 4 is 8.80 Å². The average Bonchev–Trinajstić information content (AvgIpc) is 2.76. The molecule has 160 valence electrons. The van der Waals surface area contributed by atoms with Crippen LogP contribution < -0.4 is 0 Å². The Morgan fingerprint density at radius 1 is 0.655 bits per heavy atom. The molecular formula is C23H34O5Si. The van der Waals surface area contributed by atoms with Gasteiger partial charge in [0.2, 0.25) is 0 Å². The Hall–Kier alpha value is -1.80. The van der Waals surface area contributed by atoms with Crippen LogP contribution in [0.4, 0.5) is 0 Å². The smallest absolute Gasteiger partial charge is 0.374 e. The molecule has 0 saturated carbocycles. The number of hydrogen-bond donors (Lipinski definition) is 0. The maximum atomic E-state index is 5.73. The van der Waals surface area contributed by atoms with Crippen LogP contribution in [0.2, 0.25) is 0 Å². The average molecular weight is 419 g/mol. The third-order valence-electron chi connectivity index (χ3n) is 4.50. The molecule has 0 aliphatic carbocycles.